The maximum atomic E-state index is 5.91. The van der Waals surface area contributed by atoms with Crippen molar-refractivity contribution in [1.29, 1.82) is 0 Å². The molecule has 1 aromatic carbocycles. The maximum Gasteiger partial charge on any atom is 0.236 e. The highest BCUT2D eigenvalue weighted by molar-refractivity contribution is 7.20. The van der Waals surface area contributed by atoms with Gasteiger partial charge in [0.1, 0.15) is 5.75 Å². The number of nitrogen functional groups attached to an aromatic ring is 1. The Morgan fingerprint density at radius 3 is 2.89 bits per heavy atom. The van der Waals surface area contributed by atoms with Crippen LogP contribution < -0.4 is 10.5 Å². The molecule has 0 bridgehead atoms. The van der Waals surface area contributed by atoms with Crippen LogP contribution in [-0.4, -0.2) is 19.8 Å². The van der Waals surface area contributed by atoms with Crippen LogP contribution in [0.5, 0.6) is 5.75 Å². The van der Waals surface area contributed by atoms with Gasteiger partial charge in [0.05, 0.1) is 0 Å². The molecule has 2 N–H and O–H groups in total. The first kappa shape index (κ1) is 11.9. The summed E-state index contributed by atoms with van der Waals surface area (Å²) >= 11 is 1.30. The molecule has 0 aliphatic heterocycles. The minimum atomic E-state index is -0.252. The minimum Gasteiger partial charge on any atom is -0.482 e. The Morgan fingerprint density at radius 1 is 1.32 bits per heavy atom. The Bertz CT molecular complexity index is 720. The molecule has 3 rings (SSSR count). The molecule has 7 heteroatoms. The van der Waals surface area contributed by atoms with Crippen LogP contribution in [0.25, 0.3) is 4.96 Å². The highest BCUT2D eigenvalue weighted by Crippen LogP contribution is 2.25. The van der Waals surface area contributed by atoms with E-state index in [1.807, 2.05) is 38.1 Å². The molecule has 1 unspecified atom stereocenters. The fourth-order valence-electron chi connectivity index (χ4n) is 1.83. The summed E-state index contributed by atoms with van der Waals surface area (Å²) in [5.41, 5.74) is 6.74. The maximum absolute atomic E-state index is 5.91. The molecule has 6 nitrogen and oxygen atoms in total. The monoisotopic (exact) mass is 275 g/mol. The standard InChI is InChI=1S/C12H13N5OS/c1-7-5-3-4-6-9(7)18-8(2)10-14-15-12-17(10)16-11(13)19-12/h3-6,8H,1-2H3,(H2,13,16). The van der Waals surface area contributed by atoms with Gasteiger partial charge in [0, 0.05) is 0 Å². The lowest BCUT2D eigenvalue weighted by atomic mass is 10.2. The van der Waals surface area contributed by atoms with E-state index in [4.69, 9.17) is 10.5 Å². The molecule has 1 atom stereocenters. The molecule has 0 aliphatic carbocycles. The summed E-state index contributed by atoms with van der Waals surface area (Å²) in [6.45, 7) is 3.92. The second-order valence-electron chi connectivity index (χ2n) is 4.22. The van der Waals surface area contributed by atoms with E-state index >= 15 is 0 Å². The van der Waals surface area contributed by atoms with Crippen LogP contribution in [0.1, 0.15) is 24.4 Å². The molecule has 0 radical (unpaired) electrons. The minimum absolute atomic E-state index is 0.252. The Morgan fingerprint density at radius 2 is 2.11 bits per heavy atom. The lowest BCUT2D eigenvalue weighted by molar-refractivity contribution is 0.212. The molecule has 0 amide bonds. The highest BCUT2D eigenvalue weighted by Gasteiger charge is 2.18. The van der Waals surface area contributed by atoms with Crippen molar-refractivity contribution in [3.8, 4) is 5.75 Å². The van der Waals surface area contributed by atoms with Crippen LogP contribution in [0.2, 0.25) is 0 Å². The van der Waals surface area contributed by atoms with Gasteiger partial charge in [-0.3, -0.25) is 0 Å². The van der Waals surface area contributed by atoms with Crippen LogP contribution in [0.15, 0.2) is 24.3 Å². The second-order valence-corrected chi connectivity index (χ2v) is 5.21. The third-order valence-corrected chi connectivity index (χ3v) is 3.52. The zero-order valence-corrected chi connectivity index (χ0v) is 11.4. The first-order valence-corrected chi connectivity index (χ1v) is 6.66. The molecule has 0 aliphatic rings. The Kier molecular flexibility index (Phi) is 2.83. The van der Waals surface area contributed by atoms with Gasteiger partial charge in [0.2, 0.25) is 10.1 Å². The predicted molar refractivity (Wildman–Crippen MR) is 73.3 cm³/mol. The third-order valence-electron chi connectivity index (χ3n) is 2.79. The molecule has 2 aromatic heterocycles. The van der Waals surface area contributed by atoms with E-state index in [9.17, 15) is 0 Å². The molecular formula is C12H13N5OS. The van der Waals surface area contributed by atoms with Gasteiger partial charge in [-0.1, -0.05) is 29.5 Å². The molecular weight excluding hydrogens is 262 g/mol. The fraction of sp³-hybridized carbons (Fsp3) is 0.250. The highest BCUT2D eigenvalue weighted by atomic mass is 32.1. The van der Waals surface area contributed by atoms with Crippen LogP contribution in [-0.2, 0) is 0 Å². The van der Waals surface area contributed by atoms with Crippen molar-refractivity contribution in [2.45, 2.75) is 20.0 Å². The predicted octanol–water partition coefficient (Wildman–Crippen LogP) is 2.22. The van der Waals surface area contributed by atoms with E-state index in [0.717, 1.165) is 11.3 Å². The van der Waals surface area contributed by atoms with Crippen molar-refractivity contribution < 1.29 is 4.74 Å². The largest absolute Gasteiger partial charge is 0.482 e. The SMILES string of the molecule is Cc1ccccc1OC(C)c1nnc2sc(N)nn12. The summed E-state index contributed by atoms with van der Waals surface area (Å²) in [5.74, 6) is 1.47. The quantitative estimate of drug-likeness (QED) is 0.793. The number of benzene rings is 1. The van der Waals surface area contributed by atoms with Crippen molar-refractivity contribution in [3.05, 3.63) is 35.7 Å². The van der Waals surface area contributed by atoms with E-state index in [-0.39, 0.29) is 6.10 Å². The van der Waals surface area contributed by atoms with Gasteiger partial charge in [-0.05, 0) is 25.5 Å². The van der Waals surface area contributed by atoms with Gasteiger partial charge in [-0.25, -0.2) is 0 Å². The smallest absolute Gasteiger partial charge is 0.236 e. The first-order chi connectivity index (χ1) is 9.15. The summed E-state index contributed by atoms with van der Waals surface area (Å²) < 4.78 is 7.54. The second kappa shape index (κ2) is 4.51. The summed E-state index contributed by atoms with van der Waals surface area (Å²) in [4.78, 5) is 0.674. The number of para-hydroxylation sites is 1. The number of rotatable bonds is 3. The lowest BCUT2D eigenvalue weighted by Gasteiger charge is -2.13. The molecule has 0 spiro atoms. The van der Waals surface area contributed by atoms with Gasteiger partial charge >= 0.3 is 0 Å². The number of nitrogens with two attached hydrogens (primary N) is 1. The number of fused-ring (bicyclic) bond motifs is 1. The molecule has 0 saturated carbocycles. The van der Waals surface area contributed by atoms with Crippen LogP contribution in [0.4, 0.5) is 5.13 Å². The van der Waals surface area contributed by atoms with E-state index in [1.165, 1.54) is 11.3 Å². The number of hydrogen-bond donors (Lipinski definition) is 1. The van der Waals surface area contributed by atoms with E-state index in [0.29, 0.717) is 15.9 Å². The molecule has 0 fully saturated rings. The number of aryl methyl sites for hydroxylation is 1. The average molecular weight is 275 g/mol. The molecule has 98 valence electrons. The van der Waals surface area contributed by atoms with Crippen molar-refractivity contribution in [2.75, 3.05) is 5.73 Å². The number of ether oxygens (including phenoxy) is 1. The number of anilines is 1. The number of nitrogens with zero attached hydrogens (tertiary/aromatic N) is 4. The molecule has 0 saturated heterocycles. The summed E-state index contributed by atoms with van der Waals surface area (Å²) in [6, 6.07) is 7.85. The number of aromatic nitrogens is 4. The summed E-state index contributed by atoms with van der Waals surface area (Å²) in [7, 11) is 0. The third kappa shape index (κ3) is 2.12. The van der Waals surface area contributed by atoms with Crippen LogP contribution >= 0.6 is 11.3 Å². The molecule has 3 aromatic rings. The Balaban J connectivity index is 1.91. The van der Waals surface area contributed by atoms with Crippen LogP contribution in [0.3, 0.4) is 0 Å². The summed E-state index contributed by atoms with van der Waals surface area (Å²) in [6.07, 6.45) is -0.252. The van der Waals surface area contributed by atoms with Crippen molar-refractivity contribution >= 4 is 21.4 Å². The van der Waals surface area contributed by atoms with Crippen LogP contribution in [0, 0.1) is 6.92 Å². The molecule has 19 heavy (non-hydrogen) atoms. The van der Waals surface area contributed by atoms with Gasteiger partial charge < -0.3 is 10.5 Å². The Hall–Kier alpha value is -2.15. The fourth-order valence-corrected chi connectivity index (χ4v) is 2.44. The average Bonchev–Trinajstić information content (AvgIpc) is 2.90. The zero-order chi connectivity index (χ0) is 13.4. The van der Waals surface area contributed by atoms with Gasteiger partial charge in [-0.15, -0.1) is 15.3 Å². The summed E-state index contributed by atoms with van der Waals surface area (Å²) in [5, 5.41) is 12.8. The normalized spacial score (nSPS) is 12.7. The number of hydrogen-bond acceptors (Lipinski definition) is 6. The zero-order valence-electron chi connectivity index (χ0n) is 10.6. The van der Waals surface area contributed by atoms with Gasteiger partial charge in [0.15, 0.2) is 11.9 Å². The lowest BCUT2D eigenvalue weighted by Crippen LogP contribution is -2.09. The topological polar surface area (TPSA) is 78.3 Å². The van der Waals surface area contributed by atoms with Crippen molar-refractivity contribution in [1.82, 2.24) is 19.8 Å². The van der Waals surface area contributed by atoms with Gasteiger partial charge in [-0.2, -0.15) is 4.52 Å². The van der Waals surface area contributed by atoms with E-state index in [2.05, 4.69) is 15.3 Å². The van der Waals surface area contributed by atoms with E-state index in [1.54, 1.807) is 4.52 Å². The Labute approximate surface area is 113 Å². The van der Waals surface area contributed by atoms with Gasteiger partial charge in [0.25, 0.3) is 0 Å². The van der Waals surface area contributed by atoms with Crippen molar-refractivity contribution in [2.24, 2.45) is 0 Å². The van der Waals surface area contributed by atoms with E-state index < -0.39 is 0 Å². The molecule has 2 heterocycles. The van der Waals surface area contributed by atoms with Crippen molar-refractivity contribution in [3.63, 3.8) is 0 Å². The first-order valence-electron chi connectivity index (χ1n) is 5.85.